The van der Waals surface area contributed by atoms with Crippen molar-refractivity contribution in [1.29, 1.82) is 0 Å². The monoisotopic (exact) mass is 242 g/mol. The first kappa shape index (κ1) is 15.7. The molecule has 0 heterocycles. The lowest BCUT2D eigenvalue weighted by Gasteiger charge is -2.13. The van der Waals surface area contributed by atoms with Crippen molar-refractivity contribution in [2.24, 2.45) is 0 Å². The first-order valence-corrected chi connectivity index (χ1v) is 6.04. The summed E-state index contributed by atoms with van der Waals surface area (Å²) in [6.45, 7) is 7.10. The van der Waals surface area contributed by atoms with Gasteiger partial charge < -0.3 is 9.47 Å². The molecule has 4 nitrogen and oxygen atoms in total. The van der Waals surface area contributed by atoms with E-state index in [1.165, 1.54) is 6.92 Å². The molecule has 0 radical (unpaired) electrons. The second kappa shape index (κ2) is 8.79. The third kappa shape index (κ3) is 7.55. The topological polar surface area (TPSA) is 52.6 Å². The van der Waals surface area contributed by atoms with Crippen LogP contribution in [0.3, 0.4) is 0 Å². The van der Waals surface area contributed by atoms with Crippen LogP contribution in [0, 0.1) is 0 Å². The van der Waals surface area contributed by atoms with E-state index < -0.39 is 11.9 Å². The average Bonchev–Trinajstić information content (AvgIpc) is 2.28. The number of ether oxygens (including phenoxy) is 2. The molecule has 0 fully saturated rings. The van der Waals surface area contributed by atoms with Gasteiger partial charge >= 0.3 is 11.9 Å². The van der Waals surface area contributed by atoms with Gasteiger partial charge in [0.15, 0.2) is 0 Å². The standard InChI is InChI=1S/C13H22O4/c1-5-7-8-12(9-16-11(4)14)13(15)17-10(3)6-2/h8,10H,5-7,9H2,1-4H3. The Morgan fingerprint density at radius 3 is 2.41 bits per heavy atom. The number of esters is 2. The third-order valence-corrected chi connectivity index (χ3v) is 2.26. The van der Waals surface area contributed by atoms with Crippen LogP contribution in [0.25, 0.3) is 0 Å². The lowest BCUT2D eigenvalue weighted by atomic mass is 10.2. The third-order valence-electron chi connectivity index (χ3n) is 2.26. The number of carbonyl (C=O) groups excluding carboxylic acids is 2. The van der Waals surface area contributed by atoms with E-state index in [2.05, 4.69) is 0 Å². The minimum Gasteiger partial charge on any atom is -0.461 e. The normalized spacial score (nSPS) is 13.1. The van der Waals surface area contributed by atoms with Crippen molar-refractivity contribution in [3.63, 3.8) is 0 Å². The summed E-state index contributed by atoms with van der Waals surface area (Å²) in [4.78, 5) is 22.5. The predicted molar refractivity (Wildman–Crippen MR) is 65.5 cm³/mol. The molecular weight excluding hydrogens is 220 g/mol. The van der Waals surface area contributed by atoms with Crippen molar-refractivity contribution in [1.82, 2.24) is 0 Å². The van der Waals surface area contributed by atoms with Crippen LogP contribution >= 0.6 is 0 Å². The number of allylic oxidation sites excluding steroid dienone is 1. The molecule has 17 heavy (non-hydrogen) atoms. The molecule has 0 aromatic carbocycles. The molecule has 0 saturated heterocycles. The van der Waals surface area contributed by atoms with Crippen LogP contribution in [0.15, 0.2) is 11.6 Å². The Labute approximate surface area is 103 Å². The van der Waals surface area contributed by atoms with Gasteiger partial charge in [-0.2, -0.15) is 0 Å². The zero-order valence-electron chi connectivity index (χ0n) is 11.1. The van der Waals surface area contributed by atoms with Crippen LogP contribution in [-0.4, -0.2) is 24.6 Å². The highest BCUT2D eigenvalue weighted by molar-refractivity contribution is 5.89. The summed E-state index contributed by atoms with van der Waals surface area (Å²) < 4.78 is 10.0. The summed E-state index contributed by atoms with van der Waals surface area (Å²) in [5.41, 5.74) is 0.419. The highest BCUT2D eigenvalue weighted by Gasteiger charge is 2.14. The van der Waals surface area contributed by atoms with Crippen LogP contribution in [-0.2, 0) is 19.1 Å². The summed E-state index contributed by atoms with van der Waals surface area (Å²) in [5.74, 6) is -0.794. The molecule has 0 amide bonds. The largest absolute Gasteiger partial charge is 0.461 e. The molecule has 4 heteroatoms. The zero-order chi connectivity index (χ0) is 13.3. The molecule has 0 aromatic rings. The maximum Gasteiger partial charge on any atom is 0.337 e. The van der Waals surface area contributed by atoms with Gasteiger partial charge in [-0.1, -0.05) is 26.3 Å². The maximum absolute atomic E-state index is 11.7. The van der Waals surface area contributed by atoms with Crippen LogP contribution in [0.1, 0.15) is 47.0 Å². The van der Waals surface area contributed by atoms with Gasteiger partial charge in [0, 0.05) is 6.92 Å². The number of hydrogen-bond donors (Lipinski definition) is 0. The van der Waals surface area contributed by atoms with E-state index in [4.69, 9.17) is 9.47 Å². The number of carbonyl (C=O) groups is 2. The highest BCUT2D eigenvalue weighted by Crippen LogP contribution is 2.07. The molecule has 0 N–H and O–H groups in total. The van der Waals surface area contributed by atoms with Crippen molar-refractivity contribution in [3.05, 3.63) is 11.6 Å². The quantitative estimate of drug-likeness (QED) is 0.508. The molecule has 0 rings (SSSR count). The van der Waals surface area contributed by atoms with E-state index in [1.807, 2.05) is 20.8 Å². The number of rotatable bonds is 7. The molecule has 0 spiro atoms. The van der Waals surface area contributed by atoms with E-state index in [9.17, 15) is 9.59 Å². The van der Waals surface area contributed by atoms with E-state index in [1.54, 1.807) is 6.08 Å². The van der Waals surface area contributed by atoms with E-state index >= 15 is 0 Å². The molecule has 0 aliphatic heterocycles. The lowest BCUT2D eigenvalue weighted by molar-refractivity contribution is -0.146. The van der Waals surface area contributed by atoms with Gasteiger partial charge in [-0.3, -0.25) is 4.79 Å². The Hall–Kier alpha value is -1.32. The minimum absolute atomic E-state index is 0.00932. The molecule has 0 bridgehead atoms. The SMILES string of the molecule is CCCC=C(COC(C)=O)C(=O)OC(C)CC. The summed E-state index contributed by atoms with van der Waals surface area (Å²) in [5, 5.41) is 0. The van der Waals surface area contributed by atoms with Crippen molar-refractivity contribution in [2.75, 3.05) is 6.61 Å². The minimum atomic E-state index is -0.399. The first-order chi connectivity index (χ1) is 8.01. The summed E-state index contributed by atoms with van der Waals surface area (Å²) in [6, 6.07) is 0. The Bertz CT molecular complexity index is 281. The molecule has 0 aliphatic rings. The first-order valence-electron chi connectivity index (χ1n) is 6.04. The second-order valence-corrected chi connectivity index (χ2v) is 3.92. The average molecular weight is 242 g/mol. The van der Waals surface area contributed by atoms with Crippen molar-refractivity contribution in [2.45, 2.75) is 53.1 Å². The fourth-order valence-corrected chi connectivity index (χ4v) is 1.04. The number of unbranched alkanes of at least 4 members (excludes halogenated alkanes) is 1. The second-order valence-electron chi connectivity index (χ2n) is 3.92. The molecule has 0 saturated carbocycles. The lowest BCUT2D eigenvalue weighted by Crippen LogP contribution is -2.19. The Morgan fingerprint density at radius 1 is 1.29 bits per heavy atom. The van der Waals surface area contributed by atoms with Crippen LogP contribution < -0.4 is 0 Å². The van der Waals surface area contributed by atoms with Crippen LogP contribution in [0.2, 0.25) is 0 Å². The maximum atomic E-state index is 11.7. The fraction of sp³-hybridized carbons (Fsp3) is 0.692. The Balaban J connectivity index is 4.45. The predicted octanol–water partition coefficient (Wildman–Crippen LogP) is 2.62. The van der Waals surface area contributed by atoms with E-state index in [-0.39, 0.29) is 12.7 Å². The van der Waals surface area contributed by atoms with Gasteiger partial charge in [0.05, 0.1) is 11.7 Å². The van der Waals surface area contributed by atoms with E-state index in [0.29, 0.717) is 5.57 Å². The van der Waals surface area contributed by atoms with Crippen molar-refractivity contribution in [3.8, 4) is 0 Å². The van der Waals surface area contributed by atoms with Gasteiger partial charge in [0.1, 0.15) is 6.61 Å². The fourth-order valence-electron chi connectivity index (χ4n) is 1.04. The zero-order valence-corrected chi connectivity index (χ0v) is 11.1. The van der Waals surface area contributed by atoms with Crippen LogP contribution in [0.4, 0.5) is 0 Å². The summed E-state index contributed by atoms with van der Waals surface area (Å²) in [7, 11) is 0. The van der Waals surface area contributed by atoms with Crippen molar-refractivity contribution < 1.29 is 19.1 Å². The molecule has 1 atom stereocenters. The van der Waals surface area contributed by atoms with Gasteiger partial charge in [-0.05, 0) is 19.8 Å². The Kier molecular flexibility index (Phi) is 8.11. The molecule has 98 valence electrons. The smallest absolute Gasteiger partial charge is 0.337 e. The summed E-state index contributed by atoms with van der Waals surface area (Å²) in [6.07, 6.45) is 4.12. The molecule has 0 aromatic heterocycles. The van der Waals surface area contributed by atoms with Gasteiger partial charge in [0.25, 0.3) is 0 Å². The van der Waals surface area contributed by atoms with E-state index in [0.717, 1.165) is 19.3 Å². The number of hydrogen-bond acceptors (Lipinski definition) is 4. The summed E-state index contributed by atoms with van der Waals surface area (Å²) >= 11 is 0. The van der Waals surface area contributed by atoms with Gasteiger partial charge in [-0.25, -0.2) is 4.79 Å². The molecule has 1 unspecified atom stereocenters. The Morgan fingerprint density at radius 2 is 1.94 bits per heavy atom. The molecular formula is C13H22O4. The van der Waals surface area contributed by atoms with Crippen LogP contribution in [0.5, 0.6) is 0 Å². The van der Waals surface area contributed by atoms with Crippen molar-refractivity contribution >= 4 is 11.9 Å². The highest BCUT2D eigenvalue weighted by atomic mass is 16.6. The molecule has 0 aliphatic carbocycles. The van der Waals surface area contributed by atoms with Gasteiger partial charge in [0.2, 0.25) is 0 Å². The van der Waals surface area contributed by atoms with Gasteiger partial charge in [-0.15, -0.1) is 0 Å².